The molecule has 0 saturated carbocycles. The third-order valence-corrected chi connectivity index (χ3v) is 9.00. The Balaban J connectivity index is 2.09. The predicted octanol–water partition coefficient (Wildman–Crippen LogP) is 6.18. The summed E-state index contributed by atoms with van der Waals surface area (Å²) in [5.41, 5.74) is 0.662. The van der Waals surface area contributed by atoms with Crippen LogP contribution in [0.15, 0.2) is 77.7 Å². The molecule has 3 rings (SSSR count). The number of sulfonamides is 1. The highest BCUT2D eigenvalue weighted by atomic mass is 35.5. The van der Waals surface area contributed by atoms with E-state index < -0.39 is 28.5 Å². The fourth-order valence-corrected chi connectivity index (χ4v) is 6.10. The molecule has 0 aromatic heterocycles. The number of amides is 2. The largest absolute Gasteiger partial charge is 0.354 e. The summed E-state index contributed by atoms with van der Waals surface area (Å²) in [6, 6.07) is 18.4. The number of anilines is 1. The molecular formula is C28H30Cl3N3O4S. The molecule has 0 fully saturated rings. The van der Waals surface area contributed by atoms with Crippen LogP contribution < -0.4 is 9.62 Å². The van der Waals surface area contributed by atoms with Gasteiger partial charge in [-0.15, -0.1) is 0 Å². The van der Waals surface area contributed by atoms with E-state index in [4.69, 9.17) is 34.8 Å². The van der Waals surface area contributed by atoms with Crippen molar-refractivity contribution in [3.63, 3.8) is 0 Å². The second-order valence-corrected chi connectivity index (χ2v) is 11.8. The van der Waals surface area contributed by atoms with Gasteiger partial charge in [-0.25, -0.2) is 8.42 Å². The summed E-state index contributed by atoms with van der Waals surface area (Å²) in [6.07, 6.45) is 1.02. The van der Waals surface area contributed by atoms with E-state index in [9.17, 15) is 18.0 Å². The van der Waals surface area contributed by atoms with Crippen LogP contribution in [0.3, 0.4) is 0 Å². The molecule has 3 aromatic rings. The van der Waals surface area contributed by atoms with E-state index in [1.54, 1.807) is 55.5 Å². The van der Waals surface area contributed by atoms with Crippen molar-refractivity contribution in [2.24, 2.45) is 0 Å². The Labute approximate surface area is 244 Å². The first-order chi connectivity index (χ1) is 18.6. The molecule has 0 aliphatic carbocycles. The van der Waals surface area contributed by atoms with E-state index >= 15 is 0 Å². The standard InChI is InChI=1S/C28H30Cl3N3O4S/c1-3-17-32-28(36)24(4-2)33(18-20-11-8-9-14-22(20)29)26(35)19-34(25-16-10-15-23(30)27(25)31)39(37,38)21-12-6-5-7-13-21/h5-16,24H,3-4,17-19H2,1-2H3,(H,32,36)/t24-/m0/s1. The second kappa shape index (κ2) is 14.0. The molecule has 39 heavy (non-hydrogen) atoms. The van der Waals surface area contributed by atoms with Gasteiger partial charge in [0, 0.05) is 18.1 Å². The zero-order valence-corrected chi connectivity index (χ0v) is 24.7. The lowest BCUT2D eigenvalue weighted by molar-refractivity contribution is -0.140. The predicted molar refractivity (Wildman–Crippen MR) is 157 cm³/mol. The molecule has 1 atom stereocenters. The normalized spacial score (nSPS) is 12.0. The molecule has 0 radical (unpaired) electrons. The summed E-state index contributed by atoms with van der Waals surface area (Å²) in [5, 5.41) is 3.38. The monoisotopic (exact) mass is 609 g/mol. The van der Waals surface area contributed by atoms with Gasteiger partial charge < -0.3 is 10.2 Å². The third kappa shape index (κ3) is 7.45. The van der Waals surface area contributed by atoms with Gasteiger partial charge in [0.05, 0.1) is 20.6 Å². The smallest absolute Gasteiger partial charge is 0.264 e. The maximum Gasteiger partial charge on any atom is 0.264 e. The van der Waals surface area contributed by atoms with Crippen LogP contribution in [0.4, 0.5) is 5.69 Å². The summed E-state index contributed by atoms with van der Waals surface area (Å²) in [5.74, 6) is -0.943. The fourth-order valence-electron chi connectivity index (χ4n) is 4.01. The van der Waals surface area contributed by atoms with Crippen molar-refractivity contribution in [1.29, 1.82) is 0 Å². The number of hydrogen-bond acceptors (Lipinski definition) is 4. The summed E-state index contributed by atoms with van der Waals surface area (Å²) in [7, 11) is -4.25. The van der Waals surface area contributed by atoms with Crippen molar-refractivity contribution in [3.8, 4) is 0 Å². The van der Waals surface area contributed by atoms with Crippen LogP contribution >= 0.6 is 34.8 Å². The van der Waals surface area contributed by atoms with E-state index in [0.29, 0.717) is 23.6 Å². The van der Waals surface area contributed by atoms with Crippen LogP contribution in [-0.2, 0) is 26.2 Å². The first kappa shape index (κ1) is 30.8. The Morgan fingerprint density at radius 2 is 1.51 bits per heavy atom. The summed E-state index contributed by atoms with van der Waals surface area (Å²) >= 11 is 19.1. The fraction of sp³-hybridized carbons (Fsp3) is 0.286. The zero-order chi connectivity index (χ0) is 28.6. The van der Waals surface area contributed by atoms with Crippen molar-refractivity contribution >= 4 is 62.3 Å². The van der Waals surface area contributed by atoms with Gasteiger partial charge in [0.2, 0.25) is 11.8 Å². The van der Waals surface area contributed by atoms with Crippen LogP contribution in [0, 0.1) is 0 Å². The molecule has 0 saturated heterocycles. The van der Waals surface area contributed by atoms with Gasteiger partial charge in [0.15, 0.2) is 0 Å². The Kier molecular flexibility index (Phi) is 11.1. The van der Waals surface area contributed by atoms with Gasteiger partial charge >= 0.3 is 0 Å². The molecule has 3 aromatic carbocycles. The molecule has 208 valence electrons. The molecule has 7 nitrogen and oxygen atoms in total. The number of carbonyl (C=O) groups is 2. The van der Waals surface area contributed by atoms with Gasteiger partial charge in [-0.05, 0) is 48.7 Å². The molecular weight excluding hydrogens is 581 g/mol. The third-order valence-electron chi connectivity index (χ3n) is 6.04. The quantitative estimate of drug-likeness (QED) is 0.266. The summed E-state index contributed by atoms with van der Waals surface area (Å²) in [4.78, 5) is 28.5. The van der Waals surface area contributed by atoms with Crippen molar-refractivity contribution in [2.45, 2.75) is 44.2 Å². The highest BCUT2D eigenvalue weighted by Gasteiger charge is 2.34. The minimum atomic E-state index is -4.25. The van der Waals surface area contributed by atoms with Crippen LogP contribution in [0.5, 0.6) is 0 Å². The van der Waals surface area contributed by atoms with Crippen molar-refractivity contribution in [2.75, 3.05) is 17.4 Å². The molecule has 0 bridgehead atoms. The van der Waals surface area contributed by atoms with Gasteiger partial charge in [0.1, 0.15) is 12.6 Å². The first-order valence-electron chi connectivity index (χ1n) is 12.4. The van der Waals surface area contributed by atoms with E-state index in [1.807, 2.05) is 6.92 Å². The lowest BCUT2D eigenvalue weighted by atomic mass is 10.1. The van der Waals surface area contributed by atoms with Crippen molar-refractivity contribution in [3.05, 3.63) is 93.4 Å². The highest BCUT2D eigenvalue weighted by Crippen LogP contribution is 2.35. The Morgan fingerprint density at radius 1 is 0.872 bits per heavy atom. The van der Waals surface area contributed by atoms with Crippen LogP contribution in [0.25, 0.3) is 0 Å². The Hall–Kier alpha value is -2.78. The number of benzene rings is 3. The average Bonchev–Trinajstić information content (AvgIpc) is 2.93. The Morgan fingerprint density at radius 3 is 2.15 bits per heavy atom. The van der Waals surface area contributed by atoms with Gasteiger partial charge in [0.25, 0.3) is 10.0 Å². The molecule has 11 heteroatoms. The molecule has 0 aliphatic rings. The molecule has 0 unspecified atom stereocenters. The zero-order valence-electron chi connectivity index (χ0n) is 21.6. The lowest BCUT2D eigenvalue weighted by Crippen LogP contribution is -2.52. The van der Waals surface area contributed by atoms with Gasteiger partial charge in [-0.3, -0.25) is 13.9 Å². The number of hydrogen-bond donors (Lipinski definition) is 1. The molecule has 0 spiro atoms. The van der Waals surface area contributed by atoms with E-state index in [2.05, 4.69) is 5.32 Å². The first-order valence-corrected chi connectivity index (χ1v) is 15.0. The number of nitrogens with one attached hydrogen (secondary N) is 1. The van der Waals surface area contributed by atoms with Crippen LogP contribution in [0.2, 0.25) is 15.1 Å². The van der Waals surface area contributed by atoms with Crippen LogP contribution in [-0.4, -0.2) is 44.3 Å². The summed E-state index contributed by atoms with van der Waals surface area (Å²) in [6.45, 7) is 3.53. The highest BCUT2D eigenvalue weighted by molar-refractivity contribution is 7.92. The SMILES string of the molecule is CCCNC(=O)[C@H](CC)N(Cc1ccccc1Cl)C(=O)CN(c1cccc(Cl)c1Cl)S(=O)(=O)c1ccccc1. The summed E-state index contributed by atoms with van der Waals surface area (Å²) < 4.78 is 28.6. The molecule has 1 N–H and O–H groups in total. The minimum Gasteiger partial charge on any atom is -0.354 e. The van der Waals surface area contributed by atoms with Gasteiger partial charge in [-0.2, -0.15) is 0 Å². The van der Waals surface area contributed by atoms with Crippen molar-refractivity contribution < 1.29 is 18.0 Å². The number of rotatable bonds is 12. The molecule has 0 aliphatic heterocycles. The lowest BCUT2D eigenvalue weighted by Gasteiger charge is -2.33. The number of carbonyl (C=O) groups excluding carboxylic acids is 2. The molecule has 0 heterocycles. The van der Waals surface area contributed by atoms with E-state index in [-0.39, 0.29) is 33.1 Å². The second-order valence-electron chi connectivity index (χ2n) is 8.73. The number of nitrogens with zero attached hydrogens (tertiary/aromatic N) is 2. The van der Waals surface area contributed by atoms with Gasteiger partial charge in [-0.1, -0.05) is 91.1 Å². The molecule has 2 amide bonds. The topological polar surface area (TPSA) is 86.8 Å². The maximum atomic E-state index is 14.0. The van der Waals surface area contributed by atoms with Crippen molar-refractivity contribution in [1.82, 2.24) is 10.2 Å². The minimum absolute atomic E-state index is 0.000932. The average molecular weight is 611 g/mol. The Bertz CT molecular complexity index is 1400. The van der Waals surface area contributed by atoms with Crippen LogP contribution in [0.1, 0.15) is 32.3 Å². The number of halogens is 3. The van der Waals surface area contributed by atoms with E-state index in [0.717, 1.165) is 10.7 Å². The van der Waals surface area contributed by atoms with E-state index in [1.165, 1.54) is 29.2 Å². The maximum absolute atomic E-state index is 14.0.